The Kier molecular flexibility index (Phi) is 5.23. The lowest BCUT2D eigenvalue weighted by atomic mass is 10.3. The molecule has 0 saturated carbocycles. The monoisotopic (exact) mass is 278 g/mol. The summed E-state index contributed by atoms with van der Waals surface area (Å²) in [6.45, 7) is 0. The molecular weight excluding hydrogens is 264 g/mol. The second-order valence-corrected chi connectivity index (χ2v) is 5.71. The molecule has 0 aliphatic rings. The van der Waals surface area contributed by atoms with Gasteiger partial charge in [-0.05, 0) is 24.3 Å². The molecule has 1 heterocycles. The van der Waals surface area contributed by atoms with Crippen molar-refractivity contribution in [1.82, 2.24) is 4.98 Å². The lowest BCUT2D eigenvalue weighted by Gasteiger charge is -2.02. The summed E-state index contributed by atoms with van der Waals surface area (Å²) in [5, 5.41) is 5.30. The van der Waals surface area contributed by atoms with E-state index in [9.17, 15) is 4.79 Å². The number of nitrogens with zero attached hydrogens (tertiary/aromatic N) is 1. The quantitative estimate of drug-likeness (QED) is 0.648. The molecule has 0 spiro atoms. The van der Waals surface area contributed by atoms with Crippen molar-refractivity contribution in [3.63, 3.8) is 0 Å². The van der Waals surface area contributed by atoms with Crippen LogP contribution in [-0.2, 0) is 4.79 Å². The van der Waals surface area contributed by atoms with Crippen molar-refractivity contribution in [2.45, 2.75) is 17.7 Å². The van der Waals surface area contributed by atoms with E-state index >= 15 is 0 Å². The number of rotatable bonds is 6. The molecule has 2 aromatic rings. The third-order valence-corrected chi connectivity index (χ3v) is 4.03. The van der Waals surface area contributed by atoms with Crippen LogP contribution in [0.1, 0.15) is 12.8 Å². The Morgan fingerprint density at radius 3 is 2.89 bits per heavy atom. The lowest BCUT2D eigenvalue weighted by molar-refractivity contribution is -0.116. The van der Waals surface area contributed by atoms with Crippen LogP contribution in [0, 0.1) is 0 Å². The molecule has 0 radical (unpaired) electrons. The molecule has 5 heteroatoms. The normalized spacial score (nSPS) is 10.2. The Balaban J connectivity index is 1.62. The molecule has 0 aliphatic heterocycles. The van der Waals surface area contributed by atoms with Crippen LogP contribution >= 0.6 is 23.1 Å². The molecule has 0 aliphatic carbocycles. The molecule has 0 unspecified atom stereocenters. The number of aromatic nitrogens is 1. The number of anilines is 1. The Bertz CT molecular complexity index is 471. The van der Waals surface area contributed by atoms with Gasteiger partial charge in [0.25, 0.3) is 0 Å². The van der Waals surface area contributed by atoms with Crippen molar-refractivity contribution >= 4 is 34.1 Å². The highest BCUT2D eigenvalue weighted by molar-refractivity contribution is 7.99. The van der Waals surface area contributed by atoms with Crippen molar-refractivity contribution < 1.29 is 4.79 Å². The number of carbonyl (C=O) groups is 1. The first-order valence-corrected chi connectivity index (χ1v) is 7.58. The molecule has 2 rings (SSSR count). The summed E-state index contributed by atoms with van der Waals surface area (Å²) in [7, 11) is 0. The van der Waals surface area contributed by atoms with Crippen LogP contribution in [0.2, 0.25) is 0 Å². The number of thioether (sulfide) groups is 1. The van der Waals surface area contributed by atoms with Crippen LogP contribution in [0.15, 0.2) is 46.8 Å². The van der Waals surface area contributed by atoms with Gasteiger partial charge in [0, 0.05) is 22.9 Å². The maximum Gasteiger partial charge on any atom is 0.226 e. The maximum absolute atomic E-state index is 11.6. The van der Waals surface area contributed by atoms with E-state index in [1.54, 1.807) is 18.0 Å². The van der Waals surface area contributed by atoms with Crippen LogP contribution in [0.25, 0.3) is 0 Å². The van der Waals surface area contributed by atoms with Gasteiger partial charge < -0.3 is 5.32 Å². The van der Waals surface area contributed by atoms with Crippen LogP contribution in [0.5, 0.6) is 0 Å². The number of benzene rings is 1. The van der Waals surface area contributed by atoms with Gasteiger partial charge in [0.1, 0.15) is 0 Å². The summed E-state index contributed by atoms with van der Waals surface area (Å²) in [6.07, 6.45) is 3.10. The standard InChI is InChI=1S/C13H14N2OS2/c16-12(15-13-14-8-10-18-13)7-4-9-17-11-5-2-1-3-6-11/h1-3,5-6,8,10H,4,7,9H2,(H,14,15,16). The Labute approximate surface area is 115 Å². The zero-order chi connectivity index (χ0) is 12.6. The van der Waals surface area contributed by atoms with Gasteiger partial charge in [0.15, 0.2) is 5.13 Å². The van der Waals surface area contributed by atoms with Gasteiger partial charge in [-0.25, -0.2) is 4.98 Å². The van der Waals surface area contributed by atoms with Gasteiger partial charge in [-0.3, -0.25) is 4.79 Å². The molecule has 0 saturated heterocycles. The molecule has 0 bridgehead atoms. The zero-order valence-electron chi connectivity index (χ0n) is 9.83. The van der Waals surface area contributed by atoms with E-state index in [0.29, 0.717) is 11.6 Å². The summed E-state index contributed by atoms with van der Waals surface area (Å²) in [6, 6.07) is 10.2. The minimum Gasteiger partial charge on any atom is -0.302 e. The van der Waals surface area contributed by atoms with Gasteiger partial charge >= 0.3 is 0 Å². The van der Waals surface area contributed by atoms with Gasteiger partial charge in [-0.1, -0.05) is 18.2 Å². The molecule has 1 amide bonds. The fraction of sp³-hybridized carbons (Fsp3) is 0.231. The van der Waals surface area contributed by atoms with Crippen LogP contribution in [-0.4, -0.2) is 16.6 Å². The van der Waals surface area contributed by atoms with Crippen molar-refractivity contribution in [2.24, 2.45) is 0 Å². The van der Waals surface area contributed by atoms with E-state index in [0.717, 1.165) is 12.2 Å². The minimum atomic E-state index is 0.0404. The molecule has 1 aromatic carbocycles. The van der Waals surface area contributed by atoms with E-state index in [4.69, 9.17) is 0 Å². The van der Waals surface area contributed by atoms with Gasteiger partial charge in [-0.15, -0.1) is 23.1 Å². The minimum absolute atomic E-state index is 0.0404. The first-order chi connectivity index (χ1) is 8.84. The highest BCUT2D eigenvalue weighted by atomic mass is 32.2. The number of hydrogen-bond acceptors (Lipinski definition) is 4. The molecule has 1 N–H and O–H groups in total. The van der Waals surface area contributed by atoms with Crippen molar-refractivity contribution in [2.75, 3.05) is 11.1 Å². The van der Waals surface area contributed by atoms with Gasteiger partial charge in [-0.2, -0.15) is 0 Å². The fourth-order valence-corrected chi connectivity index (χ4v) is 2.83. The largest absolute Gasteiger partial charge is 0.302 e. The van der Waals surface area contributed by atoms with Crippen molar-refractivity contribution in [3.05, 3.63) is 41.9 Å². The molecule has 1 aromatic heterocycles. The van der Waals surface area contributed by atoms with Crippen LogP contribution in [0.3, 0.4) is 0 Å². The second kappa shape index (κ2) is 7.18. The third kappa shape index (κ3) is 4.50. The highest BCUT2D eigenvalue weighted by Gasteiger charge is 2.03. The lowest BCUT2D eigenvalue weighted by Crippen LogP contribution is -2.11. The molecule has 3 nitrogen and oxygen atoms in total. The molecule has 94 valence electrons. The average Bonchev–Trinajstić information content (AvgIpc) is 2.89. The summed E-state index contributed by atoms with van der Waals surface area (Å²) < 4.78 is 0. The SMILES string of the molecule is O=C(CCCSc1ccccc1)Nc1nccs1. The summed E-state index contributed by atoms with van der Waals surface area (Å²) >= 11 is 3.22. The van der Waals surface area contributed by atoms with E-state index in [2.05, 4.69) is 22.4 Å². The van der Waals surface area contributed by atoms with E-state index in [1.165, 1.54) is 16.2 Å². The first-order valence-electron chi connectivity index (χ1n) is 5.72. The van der Waals surface area contributed by atoms with Crippen LogP contribution < -0.4 is 5.32 Å². The van der Waals surface area contributed by atoms with Crippen LogP contribution in [0.4, 0.5) is 5.13 Å². The summed E-state index contributed by atoms with van der Waals surface area (Å²) in [5.74, 6) is 0.994. The molecule has 0 fully saturated rings. The zero-order valence-corrected chi connectivity index (χ0v) is 11.5. The van der Waals surface area contributed by atoms with Gasteiger partial charge in [0.05, 0.1) is 0 Å². The van der Waals surface area contributed by atoms with E-state index < -0.39 is 0 Å². The molecule has 18 heavy (non-hydrogen) atoms. The third-order valence-electron chi connectivity index (χ3n) is 2.24. The van der Waals surface area contributed by atoms with Crippen molar-refractivity contribution in [1.29, 1.82) is 0 Å². The smallest absolute Gasteiger partial charge is 0.226 e. The van der Waals surface area contributed by atoms with E-state index in [1.807, 2.05) is 23.6 Å². The predicted octanol–water partition coefficient (Wildman–Crippen LogP) is 3.65. The molecular formula is C13H14N2OS2. The average molecular weight is 278 g/mol. The Morgan fingerprint density at radius 2 is 2.17 bits per heavy atom. The first kappa shape index (κ1) is 13.1. The number of carbonyl (C=O) groups excluding carboxylic acids is 1. The highest BCUT2D eigenvalue weighted by Crippen LogP contribution is 2.18. The summed E-state index contributed by atoms with van der Waals surface area (Å²) in [4.78, 5) is 16.8. The van der Waals surface area contributed by atoms with Gasteiger partial charge in [0.2, 0.25) is 5.91 Å². The molecule has 0 atom stereocenters. The maximum atomic E-state index is 11.6. The number of thiazole rings is 1. The number of amides is 1. The Morgan fingerprint density at radius 1 is 1.33 bits per heavy atom. The summed E-state index contributed by atoms with van der Waals surface area (Å²) in [5.41, 5.74) is 0. The number of hydrogen-bond donors (Lipinski definition) is 1. The number of nitrogens with one attached hydrogen (secondary N) is 1. The predicted molar refractivity (Wildman–Crippen MR) is 77.1 cm³/mol. The Hall–Kier alpha value is -1.33. The van der Waals surface area contributed by atoms with E-state index in [-0.39, 0.29) is 5.91 Å². The van der Waals surface area contributed by atoms with Crippen molar-refractivity contribution in [3.8, 4) is 0 Å². The second-order valence-electron chi connectivity index (χ2n) is 3.65. The topological polar surface area (TPSA) is 42.0 Å². The fourth-order valence-electron chi connectivity index (χ4n) is 1.41.